The van der Waals surface area contributed by atoms with Gasteiger partial charge in [-0.2, -0.15) is 0 Å². The van der Waals surface area contributed by atoms with Crippen molar-refractivity contribution >= 4 is 23.1 Å². The first-order chi connectivity index (χ1) is 12.5. The predicted molar refractivity (Wildman–Crippen MR) is 105 cm³/mol. The van der Waals surface area contributed by atoms with Gasteiger partial charge in [-0.3, -0.25) is 4.79 Å². The van der Waals surface area contributed by atoms with Crippen LogP contribution in [0.1, 0.15) is 42.4 Å². The topological polar surface area (TPSA) is 46.5 Å². The number of carboxylic acids is 1. The van der Waals surface area contributed by atoms with Crippen LogP contribution in [0.15, 0.2) is 48.0 Å². The van der Waals surface area contributed by atoms with Gasteiger partial charge in [-0.1, -0.05) is 29.8 Å². The standard InChI is InChI=1S/C22H23ClO3/c1-15-13-20(11-7-16(15)8-12-22(24)25)26-14-18-3-2-4-21(18)17-5-9-19(23)10-6-17/h5-7,9-11,13H,2-4,8,12,14H2,1H3,(H,24,25). The number of halogens is 1. The molecule has 0 aliphatic heterocycles. The molecule has 0 amide bonds. The number of aryl methyl sites for hydroxylation is 2. The Morgan fingerprint density at radius 3 is 2.62 bits per heavy atom. The normalized spacial score (nSPS) is 13.9. The van der Waals surface area contributed by atoms with E-state index in [4.69, 9.17) is 21.4 Å². The van der Waals surface area contributed by atoms with E-state index in [1.165, 1.54) is 16.7 Å². The summed E-state index contributed by atoms with van der Waals surface area (Å²) in [4.78, 5) is 10.7. The third kappa shape index (κ3) is 4.67. The van der Waals surface area contributed by atoms with Crippen LogP contribution in [0.3, 0.4) is 0 Å². The Morgan fingerprint density at radius 2 is 1.92 bits per heavy atom. The van der Waals surface area contributed by atoms with E-state index >= 15 is 0 Å². The molecule has 0 saturated carbocycles. The van der Waals surface area contributed by atoms with Gasteiger partial charge in [-0.25, -0.2) is 0 Å². The first-order valence-electron chi connectivity index (χ1n) is 8.94. The Kier molecular flexibility index (Phi) is 6.00. The molecule has 0 saturated heterocycles. The molecule has 0 aromatic heterocycles. The molecule has 3 rings (SSSR count). The van der Waals surface area contributed by atoms with Crippen LogP contribution in [0.5, 0.6) is 5.75 Å². The van der Waals surface area contributed by atoms with E-state index in [0.717, 1.165) is 41.2 Å². The molecule has 2 aromatic carbocycles. The average molecular weight is 371 g/mol. The molecule has 1 N–H and O–H groups in total. The number of carboxylic acid groups (broad SMARTS) is 1. The molecule has 0 heterocycles. The van der Waals surface area contributed by atoms with E-state index in [-0.39, 0.29) is 6.42 Å². The Balaban J connectivity index is 1.67. The van der Waals surface area contributed by atoms with Crippen molar-refractivity contribution in [2.24, 2.45) is 0 Å². The number of rotatable bonds is 7. The summed E-state index contributed by atoms with van der Waals surface area (Å²) >= 11 is 5.99. The summed E-state index contributed by atoms with van der Waals surface area (Å²) in [6.45, 7) is 2.59. The van der Waals surface area contributed by atoms with Crippen molar-refractivity contribution in [2.75, 3.05) is 6.61 Å². The van der Waals surface area contributed by atoms with Gasteiger partial charge >= 0.3 is 5.97 Å². The zero-order chi connectivity index (χ0) is 18.5. The minimum Gasteiger partial charge on any atom is -0.489 e. The summed E-state index contributed by atoms with van der Waals surface area (Å²) in [6, 6.07) is 13.9. The molecule has 1 aliphatic rings. The first-order valence-corrected chi connectivity index (χ1v) is 9.31. The Morgan fingerprint density at radius 1 is 1.15 bits per heavy atom. The lowest BCUT2D eigenvalue weighted by Crippen LogP contribution is -2.03. The fourth-order valence-electron chi connectivity index (χ4n) is 3.42. The summed E-state index contributed by atoms with van der Waals surface area (Å²) < 4.78 is 6.03. The molecule has 0 fully saturated rings. The zero-order valence-electron chi connectivity index (χ0n) is 14.9. The monoisotopic (exact) mass is 370 g/mol. The van der Waals surface area contributed by atoms with Crippen molar-refractivity contribution in [3.8, 4) is 5.75 Å². The second-order valence-electron chi connectivity index (χ2n) is 6.71. The van der Waals surface area contributed by atoms with Gasteiger partial charge in [0, 0.05) is 11.4 Å². The first kappa shape index (κ1) is 18.5. The third-order valence-corrected chi connectivity index (χ3v) is 5.11. The van der Waals surface area contributed by atoms with Crippen LogP contribution in [0.25, 0.3) is 5.57 Å². The minimum atomic E-state index is -0.771. The lowest BCUT2D eigenvalue weighted by molar-refractivity contribution is -0.136. The minimum absolute atomic E-state index is 0.151. The maximum atomic E-state index is 10.7. The van der Waals surface area contributed by atoms with Crippen molar-refractivity contribution < 1.29 is 14.6 Å². The summed E-state index contributed by atoms with van der Waals surface area (Å²) in [7, 11) is 0. The molecule has 136 valence electrons. The van der Waals surface area contributed by atoms with E-state index in [9.17, 15) is 4.79 Å². The molecule has 0 atom stereocenters. The maximum Gasteiger partial charge on any atom is 0.303 e. The van der Waals surface area contributed by atoms with Crippen molar-refractivity contribution in [1.29, 1.82) is 0 Å². The number of allylic oxidation sites excluding steroid dienone is 1. The highest BCUT2D eigenvalue weighted by atomic mass is 35.5. The predicted octanol–water partition coefficient (Wildman–Crippen LogP) is 5.68. The lowest BCUT2D eigenvalue weighted by atomic mass is 10.0. The van der Waals surface area contributed by atoms with Crippen LogP contribution in [0.4, 0.5) is 0 Å². The molecular formula is C22H23ClO3. The summed E-state index contributed by atoms with van der Waals surface area (Å²) in [6.07, 6.45) is 4.00. The smallest absolute Gasteiger partial charge is 0.303 e. The average Bonchev–Trinajstić information content (AvgIpc) is 3.08. The zero-order valence-corrected chi connectivity index (χ0v) is 15.7. The van der Waals surface area contributed by atoms with Gasteiger partial charge in [-0.15, -0.1) is 0 Å². The van der Waals surface area contributed by atoms with Crippen LogP contribution in [-0.2, 0) is 11.2 Å². The van der Waals surface area contributed by atoms with Gasteiger partial charge in [0.15, 0.2) is 0 Å². The molecule has 0 unspecified atom stereocenters. The van der Waals surface area contributed by atoms with Crippen LogP contribution >= 0.6 is 11.6 Å². The highest BCUT2D eigenvalue weighted by Gasteiger charge is 2.17. The highest BCUT2D eigenvalue weighted by Crippen LogP contribution is 2.34. The van der Waals surface area contributed by atoms with Gasteiger partial charge < -0.3 is 9.84 Å². The van der Waals surface area contributed by atoms with E-state index in [0.29, 0.717) is 13.0 Å². The second kappa shape index (κ2) is 8.41. The van der Waals surface area contributed by atoms with Gasteiger partial charge in [0.25, 0.3) is 0 Å². The Labute approximate surface area is 159 Å². The SMILES string of the molecule is Cc1cc(OCC2=C(c3ccc(Cl)cc3)CCC2)ccc1CCC(=O)O. The number of carbonyl (C=O) groups is 1. The van der Waals surface area contributed by atoms with Gasteiger partial charge in [-0.05, 0) is 84.7 Å². The van der Waals surface area contributed by atoms with E-state index < -0.39 is 5.97 Å². The van der Waals surface area contributed by atoms with Gasteiger partial charge in [0.05, 0.1) is 0 Å². The molecule has 26 heavy (non-hydrogen) atoms. The molecule has 3 nitrogen and oxygen atoms in total. The molecule has 0 bridgehead atoms. The Bertz CT molecular complexity index is 822. The van der Waals surface area contributed by atoms with Crippen molar-refractivity contribution in [2.45, 2.75) is 39.0 Å². The van der Waals surface area contributed by atoms with Crippen molar-refractivity contribution in [3.63, 3.8) is 0 Å². The summed E-state index contributed by atoms with van der Waals surface area (Å²) in [5.74, 6) is 0.0593. The van der Waals surface area contributed by atoms with Crippen molar-refractivity contribution in [1.82, 2.24) is 0 Å². The van der Waals surface area contributed by atoms with Crippen molar-refractivity contribution in [3.05, 3.63) is 69.8 Å². The van der Waals surface area contributed by atoms with Crippen LogP contribution in [-0.4, -0.2) is 17.7 Å². The number of ether oxygens (including phenoxy) is 1. The second-order valence-corrected chi connectivity index (χ2v) is 7.15. The van der Waals surface area contributed by atoms with Gasteiger partial charge in [0.1, 0.15) is 12.4 Å². The van der Waals surface area contributed by atoms with Crippen LogP contribution in [0, 0.1) is 6.92 Å². The highest BCUT2D eigenvalue weighted by molar-refractivity contribution is 6.30. The third-order valence-electron chi connectivity index (χ3n) is 4.86. The Hall–Kier alpha value is -2.26. The number of hydrogen-bond donors (Lipinski definition) is 1. The van der Waals surface area contributed by atoms with E-state index in [1.54, 1.807) is 0 Å². The molecule has 1 aliphatic carbocycles. The molecule has 2 aromatic rings. The van der Waals surface area contributed by atoms with Crippen LogP contribution in [0.2, 0.25) is 5.02 Å². The lowest BCUT2D eigenvalue weighted by Gasteiger charge is -2.12. The quantitative estimate of drug-likeness (QED) is 0.681. The fraction of sp³-hybridized carbons (Fsp3) is 0.318. The molecule has 0 radical (unpaired) electrons. The molecular weight excluding hydrogens is 348 g/mol. The number of benzene rings is 2. The molecule has 4 heteroatoms. The van der Waals surface area contributed by atoms with E-state index in [1.807, 2.05) is 37.3 Å². The molecule has 0 spiro atoms. The maximum absolute atomic E-state index is 10.7. The number of hydrogen-bond acceptors (Lipinski definition) is 2. The fourth-order valence-corrected chi connectivity index (χ4v) is 3.54. The summed E-state index contributed by atoms with van der Waals surface area (Å²) in [5, 5.41) is 9.58. The van der Waals surface area contributed by atoms with E-state index in [2.05, 4.69) is 12.1 Å². The van der Waals surface area contributed by atoms with Crippen LogP contribution < -0.4 is 4.74 Å². The number of aliphatic carboxylic acids is 1. The van der Waals surface area contributed by atoms with Gasteiger partial charge in [0.2, 0.25) is 0 Å². The largest absolute Gasteiger partial charge is 0.489 e. The summed E-state index contributed by atoms with van der Waals surface area (Å²) in [5.41, 5.74) is 6.07.